The maximum absolute atomic E-state index is 12.0. The van der Waals surface area contributed by atoms with E-state index in [9.17, 15) is 13.2 Å². The number of nitrogens with two attached hydrogens (primary N) is 1. The van der Waals surface area contributed by atoms with Gasteiger partial charge in [-0.3, -0.25) is 4.79 Å². The fourth-order valence-corrected chi connectivity index (χ4v) is 3.48. The number of rotatable bonds is 8. The van der Waals surface area contributed by atoms with E-state index in [-0.39, 0.29) is 23.9 Å². The molecule has 2 rings (SSSR count). The fourth-order valence-electron chi connectivity index (χ4n) is 2.39. The number of benzene rings is 1. The average molecular weight is 341 g/mol. The highest BCUT2D eigenvalue weighted by Crippen LogP contribution is 2.19. The largest absolute Gasteiger partial charge is 0.381 e. The van der Waals surface area contributed by atoms with Crippen LogP contribution in [0.1, 0.15) is 19.3 Å². The Morgan fingerprint density at radius 3 is 2.91 bits per heavy atom. The summed E-state index contributed by atoms with van der Waals surface area (Å²) in [5, 5.41) is 2.74. The van der Waals surface area contributed by atoms with Crippen LogP contribution in [0.5, 0.6) is 0 Å². The third-order valence-electron chi connectivity index (χ3n) is 3.67. The van der Waals surface area contributed by atoms with Crippen LogP contribution in [0.2, 0.25) is 0 Å². The third kappa shape index (κ3) is 5.58. The molecule has 4 N–H and O–H groups in total. The van der Waals surface area contributed by atoms with Gasteiger partial charge < -0.3 is 15.8 Å². The van der Waals surface area contributed by atoms with Crippen LogP contribution in [0, 0.1) is 5.92 Å². The summed E-state index contributed by atoms with van der Waals surface area (Å²) >= 11 is 0. The van der Waals surface area contributed by atoms with Crippen molar-refractivity contribution in [3.63, 3.8) is 0 Å². The second kappa shape index (κ2) is 8.39. The summed E-state index contributed by atoms with van der Waals surface area (Å²) in [6.07, 6.45) is 2.17. The number of hydrogen-bond donors (Lipinski definition) is 3. The Balaban J connectivity index is 1.92. The van der Waals surface area contributed by atoms with Gasteiger partial charge in [0, 0.05) is 38.4 Å². The number of ether oxygens (including phenoxy) is 1. The van der Waals surface area contributed by atoms with E-state index in [0.717, 1.165) is 19.4 Å². The van der Waals surface area contributed by atoms with Crippen molar-refractivity contribution in [2.24, 2.45) is 11.7 Å². The number of amides is 1. The summed E-state index contributed by atoms with van der Waals surface area (Å²) in [6, 6.07) is 6.18. The second-order valence-corrected chi connectivity index (χ2v) is 7.30. The molecule has 1 aliphatic heterocycles. The Bertz CT molecular complexity index is 627. The number of nitrogens with one attached hydrogen (secondary N) is 2. The minimum atomic E-state index is -3.60. The van der Waals surface area contributed by atoms with Crippen molar-refractivity contribution in [2.75, 3.05) is 31.6 Å². The lowest BCUT2D eigenvalue weighted by atomic mass is 10.0. The predicted molar refractivity (Wildman–Crippen MR) is 87.5 cm³/mol. The van der Waals surface area contributed by atoms with Crippen molar-refractivity contribution < 1.29 is 17.9 Å². The zero-order chi connectivity index (χ0) is 16.7. The van der Waals surface area contributed by atoms with Gasteiger partial charge >= 0.3 is 0 Å². The molecule has 1 amide bonds. The Hall–Kier alpha value is -1.48. The van der Waals surface area contributed by atoms with Gasteiger partial charge in [0.15, 0.2) is 0 Å². The normalized spacial score (nSPS) is 18.0. The van der Waals surface area contributed by atoms with Crippen LogP contribution >= 0.6 is 0 Å². The summed E-state index contributed by atoms with van der Waals surface area (Å²) in [5.41, 5.74) is 5.77. The molecule has 0 aliphatic carbocycles. The average Bonchev–Trinajstić information content (AvgIpc) is 3.05. The summed E-state index contributed by atoms with van der Waals surface area (Å²) in [4.78, 5) is 12.1. The molecule has 0 radical (unpaired) electrons. The first-order chi connectivity index (χ1) is 11.0. The van der Waals surface area contributed by atoms with E-state index >= 15 is 0 Å². The molecule has 8 heteroatoms. The van der Waals surface area contributed by atoms with Gasteiger partial charge in [-0.2, -0.15) is 0 Å². The summed E-state index contributed by atoms with van der Waals surface area (Å²) < 4.78 is 31.7. The minimum absolute atomic E-state index is 0.105. The first-order valence-corrected chi connectivity index (χ1v) is 9.17. The molecule has 1 unspecified atom stereocenters. The van der Waals surface area contributed by atoms with Crippen LogP contribution < -0.4 is 15.8 Å². The highest BCUT2D eigenvalue weighted by molar-refractivity contribution is 7.89. The molecule has 1 heterocycles. The lowest BCUT2D eigenvalue weighted by Crippen LogP contribution is -2.29. The number of hydrogen-bond acceptors (Lipinski definition) is 5. The standard InChI is InChI=1S/C15H23N3O4S/c16-7-8-17-23(20,21)14-3-1-2-13(10-14)18-15(19)5-4-12-6-9-22-11-12/h1-3,10,12,17H,4-9,11,16H2,(H,18,19). The number of sulfonamides is 1. The van der Waals surface area contributed by atoms with Gasteiger partial charge in [-0.05, 0) is 37.0 Å². The van der Waals surface area contributed by atoms with Gasteiger partial charge in [-0.25, -0.2) is 13.1 Å². The number of carbonyl (C=O) groups excluding carboxylic acids is 1. The Morgan fingerprint density at radius 1 is 1.39 bits per heavy atom. The number of carbonyl (C=O) groups is 1. The molecule has 1 atom stereocenters. The van der Waals surface area contributed by atoms with Crippen LogP contribution in [0.3, 0.4) is 0 Å². The monoisotopic (exact) mass is 341 g/mol. The van der Waals surface area contributed by atoms with E-state index in [1.807, 2.05) is 0 Å². The molecule has 23 heavy (non-hydrogen) atoms. The first kappa shape index (κ1) is 17.9. The van der Waals surface area contributed by atoms with Crippen molar-refractivity contribution in [1.29, 1.82) is 0 Å². The highest BCUT2D eigenvalue weighted by atomic mass is 32.2. The highest BCUT2D eigenvalue weighted by Gasteiger charge is 2.17. The summed E-state index contributed by atoms with van der Waals surface area (Å²) in [7, 11) is -3.60. The fraction of sp³-hybridized carbons (Fsp3) is 0.533. The SMILES string of the molecule is NCCNS(=O)(=O)c1cccc(NC(=O)CCC2CCOC2)c1. The molecule has 7 nitrogen and oxygen atoms in total. The molecule has 0 bridgehead atoms. The molecule has 1 saturated heterocycles. The lowest BCUT2D eigenvalue weighted by Gasteiger charge is -2.10. The van der Waals surface area contributed by atoms with Crippen molar-refractivity contribution >= 4 is 21.6 Å². The third-order valence-corrected chi connectivity index (χ3v) is 5.13. The van der Waals surface area contributed by atoms with Crippen LogP contribution in [0.25, 0.3) is 0 Å². The van der Waals surface area contributed by atoms with Gasteiger partial charge in [0.05, 0.1) is 4.90 Å². The molecule has 0 saturated carbocycles. The molecule has 1 fully saturated rings. The lowest BCUT2D eigenvalue weighted by molar-refractivity contribution is -0.116. The van der Waals surface area contributed by atoms with Crippen molar-refractivity contribution in [1.82, 2.24) is 4.72 Å². The van der Waals surface area contributed by atoms with E-state index in [2.05, 4.69) is 10.0 Å². The van der Waals surface area contributed by atoms with Crippen LogP contribution in [0.15, 0.2) is 29.2 Å². The van der Waals surface area contributed by atoms with Gasteiger partial charge in [0.25, 0.3) is 0 Å². The molecule has 1 aromatic rings. The van der Waals surface area contributed by atoms with Crippen LogP contribution in [-0.4, -0.2) is 40.6 Å². The van der Waals surface area contributed by atoms with Crippen LogP contribution in [0.4, 0.5) is 5.69 Å². The van der Waals surface area contributed by atoms with Crippen molar-refractivity contribution in [3.8, 4) is 0 Å². The van der Waals surface area contributed by atoms with E-state index in [1.165, 1.54) is 12.1 Å². The van der Waals surface area contributed by atoms with Gasteiger partial charge in [-0.1, -0.05) is 6.07 Å². The maximum Gasteiger partial charge on any atom is 0.240 e. The zero-order valence-electron chi connectivity index (χ0n) is 13.0. The molecular weight excluding hydrogens is 318 g/mol. The van der Waals surface area contributed by atoms with E-state index in [4.69, 9.17) is 10.5 Å². The van der Waals surface area contributed by atoms with Gasteiger partial charge in [-0.15, -0.1) is 0 Å². The van der Waals surface area contributed by atoms with Gasteiger partial charge in [0.2, 0.25) is 15.9 Å². The van der Waals surface area contributed by atoms with Crippen LogP contribution in [-0.2, 0) is 19.6 Å². The molecule has 0 spiro atoms. The van der Waals surface area contributed by atoms with E-state index < -0.39 is 10.0 Å². The zero-order valence-corrected chi connectivity index (χ0v) is 13.8. The first-order valence-electron chi connectivity index (χ1n) is 7.68. The maximum atomic E-state index is 12.0. The van der Waals surface area contributed by atoms with E-state index in [1.54, 1.807) is 12.1 Å². The minimum Gasteiger partial charge on any atom is -0.381 e. The molecule has 1 aliphatic rings. The van der Waals surface area contributed by atoms with Gasteiger partial charge in [0.1, 0.15) is 0 Å². The molecule has 1 aromatic carbocycles. The molecule has 128 valence electrons. The van der Waals surface area contributed by atoms with Crippen molar-refractivity contribution in [2.45, 2.75) is 24.2 Å². The second-order valence-electron chi connectivity index (χ2n) is 5.53. The Kier molecular flexibility index (Phi) is 6.52. The summed E-state index contributed by atoms with van der Waals surface area (Å²) in [6.45, 7) is 1.87. The smallest absolute Gasteiger partial charge is 0.240 e. The van der Waals surface area contributed by atoms with E-state index in [0.29, 0.717) is 24.6 Å². The topological polar surface area (TPSA) is 111 Å². The molecule has 0 aromatic heterocycles. The Labute approximate surface area is 136 Å². The Morgan fingerprint density at radius 2 is 2.22 bits per heavy atom. The number of anilines is 1. The quantitative estimate of drug-likeness (QED) is 0.644. The predicted octanol–water partition coefficient (Wildman–Crippen LogP) is 0.679. The summed E-state index contributed by atoms with van der Waals surface area (Å²) in [5.74, 6) is 0.314. The van der Waals surface area contributed by atoms with Crippen molar-refractivity contribution in [3.05, 3.63) is 24.3 Å². The molecular formula is C15H23N3O4S.